The average molecular weight is 789 g/mol. The van der Waals surface area contributed by atoms with Gasteiger partial charge >= 0.3 is 5.97 Å². The molecule has 0 radical (unpaired) electrons. The number of allylic oxidation sites excluding steroid dienone is 1. The minimum atomic E-state index is -0.158. The summed E-state index contributed by atoms with van der Waals surface area (Å²) in [5.41, 5.74) is 0. The Morgan fingerprint density at radius 2 is 0.696 bits per heavy atom. The summed E-state index contributed by atoms with van der Waals surface area (Å²) in [7, 11) is 0. The van der Waals surface area contributed by atoms with Crippen molar-refractivity contribution in [1.82, 2.24) is 0 Å². The topological polar surface area (TPSA) is 46.5 Å². The molecule has 0 saturated carbocycles. The summed E-state index contributed by atoms with van der Waals surface area (Å²) >= 11 is 0. The molecule has 0 saturated heterocycles. The van der Waals surface area contributed by atoms with E-state index in [4.69, 9.17) is 4.74 Å². The van der Waals surface area contributed by atoms with E-state index in [0.717, 1.165) is 44.9 Å². The summed E-state index contributed by atoms with van der Waals surface area (Å²) in [6.07, 6.45) is 65.3. The van der Waals surface area contributed by atoms with Gasteiger partial charge in [-0.3, -0.25) is 4.79 Å². The van der Waals surface area contributed by atoms with Crippen molar-refractivity contribution in [2.45, 2.75) is 315 Å². The highest BCUT2D eigenvalue weighted by molar-refractivity contribution is 5.69. The molecule has 0 aromatic heterocycles. The van der Waals surface area contributed by atoms with Gasteiger partial charge < -0.3 is 9.84 Å². The second-order valence-electron chi connectivity index (χ2n) is 18.1. The van der Waals surface area contributed by atoms with Crippen LogP contribution in [0.4, 0.5) is 0 Å². The number of hydrogen-bond donors (Lipinski definition) is 1. The number of unbranched alkanes of at least 4 members (excludes halogenated alkanes) is 40. The van der Waals surface area contributed by atoms with Crippen molar-refractivity contribution < 1.29 is 14.6 Å². The molecule has 0 aliphatic carbocycles. The molecule has 3 nitrogen and oxygen atoms in total. The molecule has 0 aromatic rings. The molecule has 3 heteroatoms. The third kappa shape index (κ3) is 49.3. The second-order valence-corrected chi connectivity index (χ2v) is 18.1. The Morgan fingerprint density at radius 1 is 0.393 bits per heavy atom. The van der Waals surface area contributed by atoms with Crippen LogP contribution in [0.1, 0.15) is 309 Å². The van der Waals surface area contributed by atoms with E-state index in [9.17, 15) is 9.90 Å². The largest absolute Gasteiger partial charge is 0.466 e. The van der Waals surface area contributed by atoms with E-state index in [1.54, 1.807) is 0 Å². The second kappa shape index (κ2) is 50.3. The number of ether oxygens (including phenoxy) is 1. The Kier molecular flexibility index (Phi) is 49.6. The predicted molar refractivity (Wildman–Crippen MR) is 250 cm³/mol. The molecule has 0 aromatic carbocycles. The average Bonchev–Trinajstić information content (AvgIpc) is 3.20. The molecule has 0 unspecified atom stereocenters. The van der Waals surface area contributed by atoms with Crippen molar-refractivity contribution in [3.63, 3.8) is 0 Å². The minimum absolute atomic E-state index is 0.00782. The van der Waals surface area contributed by atoms with Gasteiger partial charge in [-0.1, -0.05) is 276 Å². The van der Waals surface area contributed by atoms with Crippen LogP contribution in [0.15, 0.2) is 12.2 Å². The number of aliphatic hydroxyl groups excluding tert-OH is 1. The summed E-state index contributed by atoms with van der Waals surface area (Å²) in [6.45, 7) is 5.13. The van der Waals surface area contributed by atoms with Gasteiger partial charge in [0.05, 0.1) is 12.7 Å². The first kappa shape index (κ1) is 55.2. The van der Waals surface area contributed by atoms with Crippen LogP contribution in [0.5, 0.6) is 0 Å². The van der Waals surface area contributed by atoms with Crippen molar-refractivity contribution in [3.8, 4) is 0 Å². The Morgan fingerprint density at radius 3 is 1.07 bits per heavy atom. The van der Waals surface area contributed by atoms with Gasteiger partial charge in [-0.25, -0.2) is 0 Å². The number of carbonyl (C=O) groups is 1. The number of hydrogen-bond acceptors (Lipinski definition) is 3. The zero-order valence-electron chi connectivity index (χ0n) is 38.7. The highest BCUT2D eigenvalue weighted by Gasteiger charge is 2.04. The Hall–Kier alpha value is -0.830. The summed E-state index contributed by atoms with van der Waals surface area (Å²) in [6, 6.07) is 0. The first-order valence-corrected chi connectivity index (χ1v) is 26.2. The van der Waals surface area contributed by atoms with Crippen LogP contribution in [0.2, 0.25) is 0 Å². The lowest BCUT2D eigenvalue weighted by molar-refractivity contribution is -0.143. The van der Waals surface area contributed by atoms with Crippen LogP contribution in [0.25, 0.3) is 0 Å². The van der Waals surface area contributed by atoms with Crippen molar-refractivity contribution in [2.75, 3.05) is 6.61 Å². The van der Waals surface area contributed by atoms with Gasteiger partial charge in [0.25, 0.3) is 0 Å². The van der Waals surface area contributed by atoms with Crippen molar-refractivity contribution >= 4 is 5.97 Å². The lowest BCUT2D eigenvalue weighted by Crippen LogP contribution is -2.05. The van der Waals surface area contributed by atoms with Gasteiger partial charge in [0.2, 0.25) is 0 Å². The third-order valence-corrected chi connectivity index (χ3v) is 12.2. The van der Waals surface area contributed by atoms with Gasteiger partial charge in [-0.05, 0) is 38.5 Å². The Bertz CT molecular complexity index is 747. The first-order chi connectivity index (χ1) is 27.7. The molecule has 0 aliphatic rings. The summed E-state index contributed by atoms with van der Waals surface area (Å²) in [4.78, 5) is 12.0. The Labute approximate surface area is 353 Å². The lowest BCUT2D eigenvalue weighted by atomic mass is 10.0. The summed E-state index contributed by atoms with van der Waals surface area (Å²) in [5, 5.41) is 10.0. The van der Waals surface area contributed by atoms with E-state index in [0.29, 0.717) is 13.0 Å². The highest BCUT2D eigenvalue weighted by Crippen LogP contribution is 2.17. The van der Waals surface area contributed by atoms with E-state index in [-0.39, 0.29) is 12.1 Å². The maximum atomic E-state index is 12.0. The van der Waals surface area contributed by atoms with Crippen LogP contribution in [0, 0.1) is 0 Å². The van der Waals surface area contributed by atoms with E-state index >= 15 is 0 Å². The number of carbonyl (C=O) groups excluding carboxylic acids is 1. The molecule has 1 N–H and O–H groups in total. The highest BCUT2D eigenvalue weighted by atomic mass is 16.5. The fourth-order valence-corrected chi connectivity index (χ4v) is 8.27. The fourth-order valence-electron chi connectivity index (χ4n) is 8.27. The summed E-state index contributed by atoms with van der Waals surface area (Å²) < 4.78 is 5.47. The Balaban J connectivity index is 3.18. The number of rotatable bonds is 49. The number of aliphatic hydroxyl groups is 1. The molecule has 0 fully saturated rings. The minimum Gasteiger partial charge on any atom is -0.466 e. The SMILES string of the molecule is CCCCCCCCCCCCCCCCCCCCCCCCCCCCCCCCCCC(=O)OCCCCCCCC/C=C\C[C@H](O)CCCCCC. The molecule has 0 aliphatic heterocycles. The van der Waals surface area contributed by atoms with Crippen molar-refractivity contribution in [1.29, 1.82) is 0 Å². The van der Waals surface area contributed by atoms with Gasteiger partial charge in [0, 0.05) is 6.42 Å². The van der Waals surface area contributed by atoms with Gasteiger partial charge in [-0.15, -0.1) is 0 Å². The normalized spacial score (nSPS) is 12.3. The molecule has 56 heavy (non-hydrogen) atoms. The lowest BCUT2D eigenvalue weighted by Gasteiger charge is -2.07. The predicted octanol–water partition coefficient (Wildman–Crippen LogP) is 18.4. The molecule has 1 atom stereocenters. The van der Waals surface area contributed by atoms with E-state index in [1.807, 2.05) is 0 Å². The van der Waals surface area contributed by atoms with Crippen LogP contribution >= 0.6 is 0 Å². The smallest absolute Gasteiger partial charge is 0.305 e. The van der Waals surface area contributed by atoms with Crippen molar-refractivity contribution in [2.24, 2.45) is 0 Å². The summed E-state index contributed by atoms with van der Waals surface area (Å²) in [5.74, 6) is 0.00782. The third-order valence-electron chi connectivity index (χ3n) is 12.2. The zero-order valence-corrected chi connectivity index (χ0v) is 38.7. The first-order valence-electron chi connectivity index (χ1n) is 26.2. The van der Waals surface area contributed by atoms with Crippen LogP contribution in [-0.2, 0) is 9.53 Å². The maximum Gasteiger partial charge on any atom is 0.305 e. The molecular weight excluding hydrogens is 685 g/mol. The molecule has 0 spiro atoms. The molecule has 334 valence electrons. The molecule has 0 bridgehead atoms. The van der Waals surface area contributed by atoms with Crippen LogP contribution in [-0.4, -0.2) is 23.8 Å². The van der Waals surface area contributed by atoms with E-state index in [1.165, 1.54) is 244 Å². The molecule has 0 heterocycles. The van der Waals surface area contributed by atoms with Gasteiger partial charge in [0.1, 0.15) is 0 Å². The zero-order chi connectivity index (χ0) is 40.5. The molecule has 0 rings (SSSR count). The quantitative estimate of drug-likeness (QED) is 0.0379. The molecule has 0 amide bonds. The standard InChI is InChI=1S/C53H104O3/c1-3-5-7-9-10-11-12-13-14-15-16-17-18-19-20-21-22-23-24-25-26-27-28-29-30-31-32-33-36-39-42-46-50-53(55)56-51-47-43-40-37-34-35-38-41-45-49-52(54)48-44-8-6-4-2/h41,45,52,54H,3-40,42-44,46-51H2,1-2H3/b45-41-/t52-/m1/s1. The van der Waals surface area contributed by atoms with Crippen LogP contribution < -0.4 is 0 Å². The van der Waals surface area contributed by atoms with E-state index in [2.05, 4.69) is 26.0 Å². The molecular formula is C53H104O3. The van der Waals surface area contributed by atoms with Crippen LogP contribution in [0.3, 0.4) is 0 Å². The van der Waals surface area contributed by atoms with Gasteiger partial charge in [-0.2, -0.15) is 0 Å². The maximum absolute atomic E-state index is 12.0. The van der Waals surface area contributed by atoms with E-state index < -0.39 is 0 Å². The number of esters is 1. The van der Waals surface area contributed by atoms with Gasteiger partial charge in [0.15, 0.2) is 0 Å². The monoisotopic (exact) mass is 789 g/mol. The van der Waals surface area contributed by atoms with Crippen molar-refractivity contribution in [3.05, 3.63) is 12.2 Å². The fraction of sp³-hybridized carbons (Fsp3) is 0.943.